The van der Waals surface area contributed by atoms with Crippen molar-refractivity contribution in [3.8, 4) is 11.5 Å². The van der Waals surface area contributed by atoms with Crippen LogP contribution in [0.2, 0.25) is 0 Å². The van der Waals surface area contributed by atoms with Gasteiger partial charge in [0.2, 0.25) is 0 Å². The zero-order valence-electron chi connectivity index (χ0n) is 11.2. The predicted octanol–water partition coefficient (Wildman–Crippen LogP) is 2.79. The lowest BCUT2D eigenvalue weighted by atomic mass is 10.2. The van der Waals surface area contributed by atoms with Crippen molar-refractivity contribution in [2.45, 2.75) is 6.92 Å². The molecule has 7 heteroatoms. The molecule has 0 bridgehead atoms. The van der Waals surface area contributed by atoms with Gasteiger partial charge < -0.3 is 15.7 Å². The zero-order valence-corrected chi connectivity index (χ0v) is 11.2. The van der Waals surface area contributed by atoms with E-state index < -0.39 is 4.92 Å². The largest absolute Gasteiger partial charge is 0.457 e. The summed E-state index contributed by atoms with van der Waals surface area (Å²) in [4.78, 5) is 10.4. The van der Waals surface area contributed by atoms with Crippen molar-refractivity contribution in [1.29, 1.82) is 0 Å². The lowest BCUT2D eigenvalue weighted by Gasteiger charge is -2.09. The number of benzene rings is 2. The molecule has 2 aromatic rings. The van der Waals surface area contributed by atoms with Crippen molar-refractivity contribution in [2.24, 2.45) is 10.9 Å². The van der Waals surface area contributed by atoms with E-state index in [-0.39, 0.29) is 11.5 Å². The average Bonchev–Trinajstić information content (AvgIpc) is 2.49. The van der Waals surface area contributed by atoms with Crippen molar-refractivity contribution in [2.75, 3.05) is 0 Å². The Hall–Kier alpha value is -3.09. The summed E-state index contributed by atoms with van der Waals surface area (Å²) in [7, 11) is 0. The lowest BCUT2D eigenvalue weighted by molar-refractivity contribution is -0.385. The molecule has 0 aliphatic heterocycles. The summed E-state index contributed by atoms with van der Waals surface area (Å²) >= 11 is 0. The molecule has 0 heterocycles. The molecule has 0 aliphatic carbocycles. The highest BCUT2D eigenvalue weighted by Crippen LogP contribution is 2.30. The van der Waals surface area contributed by atoms with Crippen molar-refractivity contribution in [1.82, 2.24) is 0 Å². The first-order chi connectivity index (χ1) is 10.0. The van der Waals surface area contributed by atoms with E-state index in [9.17, 15) is 10.1 Å². The molecule has 0 fully saturated rings. The molecule has 7 nitrogen and oxygen atoms in total. The third-order valence-electron chi connectivity index (χ3n) is 2.94. The molecule has 0 saturated heterocycles. The highest BCUT2D eigenvalue weighted by atomic mass is 16.6. The Balaban J connectivity index is 2.27. The van der Waals surface area contributed by atoms with Crippen molar-refractivity contribution in [3.63, 3.8) is 0 Å². The summed E-state index contributed by atoms with van der Waals surface area (Å²) in [6.07, 6.45) is 0. The van der Waals surface area contributed by atoms with E-state index in [1.807, 2.05) is 0 Å². The van der Waals surface area contributed by atoms with E-state index in [0.29, 0.717) is 22.6 Å². The van der Waals surface area contributed by atoms with Gasteiger partial charge in [0.25, 0.3) is 5.69 Å². The van der Waals surface area contributed by atoms with Crippen LogP contribution in [0.15, 0.2) is 47.6 Å². The topological polar surface area (TPSA) is 111 Å². The molecule has 0 amide bonds. The van der Waals surface area contributed by atoms with Crippen molar-refractivity contribution >= 4 is 11.5 Å². The number of rotatable bonds is 4. The van der Waals surface area contributed by atoms with Gasteiger partial charge in [-0.15, -0.1) is 0 Å². The van der Waals surface area contributed by atoms with Crippen LogP contribution in [-0.2, 0) is 0 Å². The van der Waals surface area contributed by atoms with Gasteiger partial charge in [0, 0.05) is 11.6 Å². The fraction of sp³-hybridized carbons (Fsp3) is 0.0714. The summed E-state index contributed by atoms with van der Waals surface area (Å²) in [6.45, 7) is 1.62. The maximum Gasteiger partial charge on any atom is 0.276 e. The van der Waals surface area contributed by atoms with Gasteiger partial charge in [0.1, 0.15) is 11.5 Å². The quantitative estimate of drug-likeness (QED) is 0.295. The fourth-order valence-corrected chi connectivity index (χ4v) is 1.79. The van der Waals surface area contributed by atoms with Crippen molar-refractivity contribution in [3.05, 3.63) is 63.7 Å². The summed E-state index contributed by atoms with van der Waals surface area (Å²) in [5, 5.41) is 22.4. The van der Waals surface area contributed by atoms with Crippen LogP contribution in [0.1, 0.15) is 11.1 Å². The van der Waals surface area contributed by atoms with Gasteiger partial charge >= 0.3 is 0 Å². The number of oxime groups is 1. The maximum atomic E-state index is 10.9. The Labute approximate surface area is 120 Å². The number of nitro benzene ring substituents is 1. The summed E-state index contributed by atoms with van der Waals surface area (Å²) in [5.41, 5.74) is 6.45. The van der Waals surface area contributed by atoms with Gasteiger partial charge in [0.05, 0.1) is 10.5 Å². The molecule has 0 saturated carbocycles. The predicted molar refractivity (Wildman–Crippen MR) is 76.9 cm³/mol. The smallest absolute Gasteiger partial charge is 0.276 e. The van der Waals surface area contributed by atoms with Gasteiger partial charge in [-0.1, -0.05) is 11.2 Å². The standard InChI is InChI=1S/C14H13N3O4/c1-9-12(17(19)20)3-2-4-13(9)21-11-7-5-10(6-8-11)14(15)16-18/h2-8,18H,1H3,(H2,15,16). The number of amidine groups is 1. The van der Waals surface area contributed by atoms with Crippen LogP contribution in [0.5, 0.6) is 11.5 Å². The van der Waals surface area contributed by atoms with Gasteiger partial charge in [0.15, 0.2) is 5.84 Å². The number of nitrogens with two attached hydrogens (primary N) is 1. The van der Waals surface area contributed by atoms with Gasteiger partial charge in [-0.3, -0.25) is 10.1 Å². The van der Waals surface area contributed by atoms with Crippen LogP contribution in [0.4, 0.5) is 5.69 Å². The molecule has 0 aromatic heterocycles. The number of nitrogens with zero attached hydrogens (tertiary/aromatic N) is 2. The minimum Gasteiger partial charge on any atom is -0.457 e. The van der Waals surface area contributed by atoms with E-state index >= 15 is 0 Å². The van der Waals surface area contributed by atoms with E-state index in [1.54, 1.807) is 43.3 Å². The number of ether oxygens (including phenoxy) is 1. The van der Waals surface area contributed by atoms with Crippen LogP contribution >= 0.6 is 0 Å². The lowest BCUT2D eigenvalue weighted by Crippen LogP contribution is -2.12. The van der Waals surface area contributed by atoms with E-state index in [1.165, 1.54) is 6.07 Å². The molecule has 0 spiro atoms. The van der Waals surface area contributed by atoms with Crippen LogP contribution in [0, 0.1) is 17.0 Å². The van der Waals surface area contributed by atoms with Crippen LogP contribution in [-0.4, -0.2) is 16.0 Å². The Morgan fingerprint density at radius 1 is 1.29 bits per heavy atom. The molecule has 108 valence electrons. The Bertz CT molecular complexity index is 696. The Morgan fingerprint density at radius 3 is 2.52 bits per heavy atom. The first-order valence-corrected chi connectivity index (χ1v) is 6.02. The molecular weight excluding hydrogens is 274 g/mol. The Kier molecular flexibility index (Phi) is 4.03. The van der Waals surface area contributed by atoms with E-state index in [2.05, 4.69) is 5.16 Å². The first-order valence-electron chi connectivity index (χ1n) is 6.02. The van der Waals surface area contributed by atoms with Crippen LogP contribution in [0.3, 0.4) is 0 Å². The molecular formula is C14H13N3O4. The molecule has 0 aliphatic rings. The zero-order chi connectivity index (χ0) is 15.4. The monoisotopic (exact) mass is 287 g/mol. The van der Waals surface area contributed by atoms with Gasteiger partial charge in [-0.25, -0.2) is 0 Å². The number of hydrogen-bond acceptors (Lipinski definition) is 5. The van der Waals surface area contributed by atoms with Crippen molar-refractivity contribution < 1.29 is 14.9 Å². The molecule has 2 rings (SSSR count). The van der Waals surface area contributed by atoms with Crippen LogP contribution in [0.25, 0.3) is 0 Å². The SMILES string of the molecule is Cc1c(Oc2ccc(/C(N)=N/O)cc2)cccc1[N+](=O)[O-]. The number of hydrogen-bond donors (Lipinski definition) is 2. The molecule has 21 heavy (non-hydrogen) atoms. The van der Waals surface area contributed by atoms with Gasteiger partial charge in [-0.2, -0.15) is 0 Å². The van der Waals surface area contributed by atoms with E-state index in [0.717, 1.165) is 0 Å². The molecule has 0 unspecified atom stereocenters. The second-order valence-corrected chi connectivity index (χ2v) is 4.27. The first kappa shape index (κ1) is 14.3. The molecule has 2 aromatic carbocycles. The summed E-state index contributed by atoms with van der Waals surface area (Å²) < 4.78 is 5.62. The third kappa shape index (κ3) is 3.08. The highest BCUT2D eigenvalue weighted by molar-refractivity contribution is 5.97. The second kappa shape index (κ2) is 5.91. The molecule has 3 N–H and O–H groups in total. The average molecular weight is 287 g/mol. The Morgan fingerprint density at radius 2 is 1.95 bits per heavy atom. The normalized spacial score (nSPS) is 11.2. The summed E-state index contributed by atoms with van der Waals surface area (Å²) in [5.74, 6) is 0.891. The maximum absolute atomic E-state index is 10.9. The molecule has 0 atom stereocenters. The summed E-state index contributed by atoms with van der Waals surface area (Å²) in [6, 6.07) is 11.1. The minimum atomic E-state index is -0.455. The second-order valence-electron chi connectivity index (χ2n) is 4.27. The van der Waals surface area contributed by atoms with E-state index in [4.69, 9.17) is 15.7 Å². The highest BCUT2D eigenvalue weighted by Gasteiger charge is 2.14. The minimum absolute atomic E-state index is 0.000721. The fourth-order valence-electron chi connectivity index (χ4n) is 1.79. The third-order valence-corrected chi connectivity index (χ3v) is 2.94. The van der Waals surface area contributed by atoms with Gasteiger partial charge in [-0.05, 0) is 37.3 Å². The van der Waals surface area contributed by atoms with Crippen LogP contribution < -0.4 is 10.5 Å². The molecule has 0 radical (unpaired) electrons. The number of nitro groups is 1.